The maximum atomic E-state index is 13.7. The molecule has 2 heterocycles. The minimum Gasteiger partial charge on any atom is -0.468 e. The number of nitrogens with zero attached hydrogens (tertiary/aromatic N) is 1. The number of nitrogens with one attached hydrogen (secondary N) is 1. The van der Waals surface area contributed by atoms with Crippen molar-refractivity contribution in [1.29, 1.82) is 0 Å². The summed E-state index contributed by atoms with van der Waals surface area (Å²) in [6.07, 6.45) is 5.30. The molecule has 24 heavy (non-hydrogen) atoms. The predicted molar refractivity (Wildman–Crippen MR) is 90.0 cm³/mol. The Labute approximate surface area is 141 Å². The topological polar surface area (TPSA) is 45.5 Å². The molecule has 2 aromatic rings. The minimum atomic E-state index is -0.341. The normalized spacial score (nSPS) is 16.7. The summed E-state index contributed by atoms with van der Waals surface area (Å²) in [6, 6.07) is 10.2. The molecule has 3 rings (SSSR count). The Kier molecular flexibility index (Phi) is 5.64. The zero-order valence-corrected chi connectivity index (χ0v) is 13.7. The first-order valence-corrected chi connectivity index (χ1v) is 8.51. The number of furan rings is 1. The van der Waals surface area contributed by atoms with E-state index in [2.05, 4.69) is 10.2 Å². The monoisotopic (exact) mass is 330 g/mol. The fourth-order valence-electron chi connectivity index (χ4n) is 3.21. The van der Waals surface area contributed by atoms with E-state index in [1.807, 2.05) is 12.1 Å². The molecule has 0 bridgehead atoms. The Morgan fingerprint density at radius 2 is 1.96 bits per heavy atom. The Morgan fingerprint density at radius 1 is 1.17 bits per heavy atom. The van der Waals surface area contributed by atoms with E-state index in [1.54, 1.807) is 24.5 Å². The highest BCUT2D eigenvalue weighted by Crippen LogP contribution is 2.24. The lowest BCUT2D eigenvalue weighted by atomic mass is 10.1. The van der Waals surface area contributed by atoms with Crippen molar-refractivity contribution in [3.63, 3.8) is 0 Å². The highest BCUT2D eigenvalue weighted by atomic mass is 19.1. The van der Waals surface area contributed by atoms with Gasteiger partial charge >= 0.3 is 0 Å². The van der Waals surface area contributed by atoms with Gasteiger partial charge in [-0.25, -0.2) is 4.39 Å². The van der Waals surface area contributed by atoms with Crippen molar-refractivity contribution in [3.05, 3.63) is 59.8 Å². The van der Waals surface area contributed by atoms with Crippen molar-refractivity contribution in [2.75, 3.05) is 19.6 Å². The Hall–Kier alpha value is -2.14. The molecule has 5 heteroatoms. The first kappa shape index (κ1) is 16.7. The molecule has 1 N–H and O–H groups in total. The van der Waals surface area contributed by atoms with E-state index >= 15 is 0 Å². The third kappa shape index (κ3) is 4.23. The van der Waals surface area contributed by atoms with Crippen LogP contribution < -0.4 is 5.32 Å². The molecule has 1 atom stereocenters. The number of hydrogen-bond donors (Lipinski definition) is 1. The van der Waals surface area contributed by atoms with Crippen molar-refractivity contribution >= 4 is 5.91 Å². The molecule has 1 amide bonds. The third-order valence-corrected chi connectivity index (χ3v) is 4.50. The first-order valence-electron chi connectivity index (χ1n) is 8.51. The van der Waals surface area contributed by atoms with Gasteiger partial charge in [-0.3, -0.25) is 9.69 Å². The second-order valence-corrected chi connectivity index (χ2v) is 6.20. The van der Waals surface area contributed by atoms with E-state index in [-0.39, 0.29) is 24.2 Å². The fourth-order valence-corrected chi connectivity index (χ4v) is 3.21. The van der Waals surface area contributed by atoms with Crippen LogP contribution in [0.25, 0.3) is 0 Å². The van der Waals surface area contributed by atoms with Crippen molar-refractivity contribution in [3.8, 4) is 0 Å². The summed E-state index contributed by atoms with van der Waals surface area (Å²) in [7, 11) is 0. The molecule has 0 radical (unpaired) electrons. The quantitative estimate of drug-likeness (QED) is 0.884. The van der Waals surface area contributed by atoms with Crippen LogP contribution in [-0.2, 0) is 11.2 Å². The van der Waals surface area contributed by atoms with Gasteiger partial charge in [-0.05, 0) is 49.7 Å². The molecule has 1 fully saturated rings. The van der Waals surface area contributed by atoms with Gasteiger partial charge in [-0.2, -0.15) is 0 Å². The van der Waals surface area contributed by atoms with Crippen LogP contribution in [0.1, 0.15) is 36.6 Å². The molecule has 128 valence electrons. The van der Waals surface area contributed by atoms with Gasteiger partial charge in [-0.15, -0.1) is 0 Å². The van der Waals surface area contributed by atoms with Crippen LogP contribution in [0.5, 0.6) is 0 Å². The van der Waals surface area contributed by atoms with Gasteiger partial charge in [0.25, 0.3) is 0 Å². The van der Waals surface area contributed by atoms with Crippen molar-refractivity contribution < 1.29 is 13.6 Å². The molecule has 1 aliphatic heterocycles. The number of rotatable bonds is 6. The second-order valence-electron chi connectivity index (χ2n) is 6.20. The number of halogens is 1. The van der Waals surface area contributed by atoms with Gasteiger partial charge in [0.15, 0.2) is 0 Å². The smallest absolute Gasteiger partial charge is 0.224 e. The predicted octanol–water partition coefficient (Wildman–Crippen LogP) is 3.30. The number of amides is 1. The van der Waals surface area contributed by atoms with Gasteiger partial charge in [-0.1, -0.05) is 24.6 Å². The SMILES string of the molecule is O=C(Cc1ccccc1F)NC[C@H](c1ccco1)N1CCCCC1. The fraction of sp³-hybridized carbons (Fsp3) is 0.421. The van der Waals surface area contributed by atoms with Crippen molar-refractivity contribution in [2.24, 2.45) is 0 Å². The second kappa shape index (κ2) is 8.11. The molecule has 0 unspecified atom stereocenters. The van der Waals surface area contributed by atoms with Crippen molar-refractivity contribution in [2.45, 2.75) is 31.7 Å². The molecule has 0 spiro atoms. The van der Waals surface area contributed by atoms with Crippen LogP contribution in [0.3, 0.4) is 0 Å². The number of carbonyl (C=O) groups is 1. The number of benzene rings is 1. The van der Waals surface area contributed by atoms with Crippen LogP contribution in [-0.4, -0.2) is 30.4 Å². The van der Waals surface area contributed by atoms with Gasteiger partial charge in [0, 0.05) is 6.54 Å². The molecule has 1 aliphatic rings. The van der Waals surface area contributed by atoms with Crippen LogP contribution in [0, 0.1) is 5.82 Å². The highest BCUT2D eigenvalue weighted by Gasteiger charge is 2.24. The molecule has 1 aromatic heterocycles. The summed E-state index contributed by atoms with van der Waals surface area (Å²) in [5, 5.41) is 2.94. The van der Waals surface area contributed by atoms with Gasteiger partial charge in [0.1, 0.15) is 11.6 Å². The first-order chi connectivity index (χ1) is 11.7. The molecule has 1 aromatic carbocycles. The van der Waals surface area contributed by atoms with Crippen LogP contribution in [0.15, 0.2) is 47.1 Å². The van der Waals surface area contributed by atoms with E-state index in [9.17, 15) is 9.18 Å². The van der Waals surface area contributed by atoms with E-state index in [4.69, 9.17) is 4.42 Å². The molecule has 1 saturated heterocycles. The molecule has 0 saturated carbocycles. The zero-order valence-electron chi connectivity index (χ0n) is 13.7. The van der Waals surface area contributed by atoms with E-state index in [1.165, 1.54) is 25.3 Å². The van der Waals surface area contributed by atoms with Crippen molar-refractivity contribution in [1.82, 2.24) is 10.2 Å². The van der Waals surface area contributed by atoms with Crippen LogP contribution >= 0.6 is 0 Å². The maximum absolute atomic E-state index is 13.7. The van der Waals surface area contributed by atoms with Gasteiger partial charge in [0.2, 0.25) is 5.91 Å². The van der Waals surface area contributed by atoms with Crippen LogP contribution in [0.2, 0.25) is 0 Å². The third-order valence-electron chi connectivity index (χ3n) is 4.50. The zero-order chi connectivity index (χ0) is 16.8. The lowest BCUT2D eigenvalue weighted by Crippen LogP contribution is -2.40. The Morgan fingerprint density at radius 3 is 2.67 bits per heavy atom. The van der Waals surface area contributed by atoms with E-state index in [0.29, 0.717) is 12.1 Å². The average molecular weight is 330 g/mol. The Balaban J connectivity index is 1.61. The van der Waals surface area contributed by atoms with Crippen LogP contribution in [0.4, 0.5) is 4.39 Å². The van der Waals surface area contributed by atoms with E-state index in [0.717, 1.165) is 18.8 Å². The minimum absolute atomic E-state index is 0.0323. The van der Waals surface area contributed by atoms with E-state index < -0.39 is 0 Å². The molecular formula is C19H23FN2O2. The summed E-state index contributed by atoms with van der Waals surface area (Å²) in [5.41, 5.74) is 0.419. The number of likely N-dealkylation sites (tertiary alicyclic amines) is 1. The van der Waals surface area contributed by atoms with Gasteiger partial charge < -0.3 is 9.73 Å². The lowest BCUT2D eigenvalue weighted by molar-refractivity contribution is -0.120. The highest BCUT2D eigenvalue weighted by molar-refractivity contribution is 5.78. The summed E-state index contributed by atoms with van der Waals surface area (Å²) >= 11 is 0. The molecular weight excluding hydrogens is 307 g/mol. The Bertz CT molecular complexity index is 651. The maximum Gasteiger partial charge on any atom is 0.224 e. The molecule has 4 nitrogen and oxygen atoms in total. The summed E-state index contributed by atoms with van der Waals surface area (Å²) < 4.78 is 19.2. The number of carbonyl (C=O) groups excluding carboxylic acids is 1. The average Bonchev–Trinajstić information content (AvgIpc) is 3.12. The van der Waals surface area contributed by atoms with Gasteiger partial charge in [0.05, 0.1) is 18.7 Å². The summed E-state index contributed by atoms with van der Waals surface area (Å²) in [4.78, 5) is 14.5. The molecule has 0 aliphatic carbocycles. The summed E-state index contributed by atoms with van der Waals surface area (Å²) in [5.74, 6) is 0.350. The number of hydrogen-bond acceptors (Lipinski definition) is 3. The standard InChI is InChI=1S/C19H23FN2O2/c20-16-8-3-2-7-15(16)13-19(23)21-14-17(18-9-6-12-24-18)22-10-4-1-5-11-22/h2-3,6-9,12,17H,1,4-5,10-11,13-14H2,(H,21,23)/t17-/m1/s1. The summed E-state index contributed by atoms with van der Waals surface area (Å²) in [6.45, 7) is 2.49. The number of piperidine rings is 1. The lowest BCUT2D eigenvalue weighted by Gasteiger charge is -2.33. The largest absolute Gasteiger partial charge is 0.468 e.